The molecule has 0 saturated carbocycles. The molecule has 0 aliphatic heterocycles. The zero-order valence-electron chi connectivity index (χ0n) is 29.2. The van der Waals surface area contributed by atoms with E-state index in [2.05, 4.69) is 150 Å². The van der Waals surface area contributed by atoms with Crippen LogP contribution in [-0.2, 0) is 5.41 Å². The number of rotatable bonds is 6. The molecule has 0 amide bonds. The molecule has 54 heavy (non-hydrogen) atoms. The molecule has 11 rings (SSSR count). The van der Waals surface area contributed by atoms with Crippen LogP contribution in [0, 0.1) is 0 Å². The van der Waals surface area contributed by atoms with E-state index in [0.29, 0.717) is 11.5 Å². The molecule has 8 aromatic carbocycles. The molecule has 4 heteroatoms. The quantitative estimate of drug-likeness (QED) is 0.174. The van der Waals surface area contributed by atoms with Gasteiger partial charge >= 0.3 is 0 Å². The second-order valence-electron chi connectivity index (χ2n) is 13.9. The summed E-state index contributed by atoms with van der Waals surface area (Å²) < 4.78 is 13.2. The first-order valence-corrected chi connectivity index (χ1v) is 18.3. The van der Waals surface area contributed by atoms with Gasteiger partial charge in [-0.2, -0.15) is 0 Å². The highest BCUT2D eigenvalue weighted by molar-refractivity contribution is 6.10. The minimum atomic E-state index is -0.541. The van der Waals surface area contributed by atoms with Gasteiger partial charge in [0, 0.05) is 28.1 Å². The summed E-state index contributed by atoms with van der Waals surface area (Å²) in [6, 6.07) is 68.6. The molecule has 1 aliphatic rings. The highest BCUT2D eigenvalue weighted by Gasteiger charge is 2.46. The summed E-state index contributed by atoms with van der Waals surface area (Å²) in [6.45, 7) is 0. The SMILES string of the molecule is c1ccc(-c2nc3ccc(N(c4ccc5c(c4)C(c4ccccc4)(c4ccccc4)c4ccccc4-5)c4cccc5c4oc4ccccc45)cc3o2)cc1. The van der Waals surface area contributed by atoms with Crippen molar-refractivity contribution in [2.24, 2.45) is 0 Å². The Morgan fingerprint density at radius 2 is 1.07 bits per heavy atom. The van der Waals surface area contributed by atoms with E-state index in [0.717, 1.165) is 50.1 Å². The van der Waals surface area contributed by atoms with Gasteiger partial charge in [-0.05, 0) is 81.9 Å². The second-order valence-corrected chi connectivity index (χ2v) is 13.9. The lowest BCUT2D eigenvalue weighted by atomic mass is 9.67. The number of oxazole rings is 1. The molecule has 254 valence electrons. The Bertz CT molecular complexity index is 2960. The first kappa shape index (κ1) is 30.5. The van der Waals surface area contributed by atoms with E-state index in [1.807, 2.05) is 48.5 Å². The zero-order valence-corrected chi connectivity index (χ0v) is 29.2. The molecule has 2 heterocycles. The summed E-state index contributed by atoms with van der Waals surface area (Å²) in [4.78, 5) is 7.16. The van der Waals surface area contributed by atoms with Crippen molar-refractivity contribution in [2.75, 3.05) is 4.90 Å². The van der Waals surface area contributed by atoms with Crippen molar-refractivity contribution in [2.45, 2.75) is 5.41 Å². The van der Waals surface area contributed by atoms with Gasteiger partial charge < -0.3 is 13.7 Å². The number of nitrogens with zero attached hydrogens (tertiary/aromatic N) is 2. The van der Waals surface area contributed by atoms with Crippen molar-refractivity contribution in [1.29, 1.82) is 0 Å². The van der Waals surface area contributed by atoms with Crippen LogP contribution in [0.2, 0.25) is 0 Å². The van der Waals surface area contributed by atoms with E-state index < -0.39 is 5.41 Å². The van der Waals surface area contributed by atoms with Crippen LogP contribution in [-0.4, -0.2) is 4.98 Å². The van der Waals surface area contributed by atoms with Crippen LogP contribution in [0.5, 0.6) is 0 Å². The standard InChI is InChI=1S/C50H32N2O2/c1-4-15-33(16-5-1)49-51-44-30-28-37(32-47(44)54-49)52(45-25-14-23-41-40-22-11-13-26-46(40)53-48(41)45)36-27-29-39-38-21-10-12-24-42(38)50(43(39)31-36,34-17-6-2-7-18-34)35-19-8-3-9-20-35/h1-32H. The summed E-state index contributed by atoms with van der Waals surface area (Å²) in [5.41, 5.74) is 13.9. The topological polar surface area (TPSA) is 42.4 Å². The van der Waals surface area contributed by atoms with Crippen LogP contribution in [0.3, 0.4) is 0 Å². The van der Waals surface area contributed by atoms with Gasteiger partial charge in [-0.15, -0.1) is 0 Å². The first-order valence-electron chi connectivity index (χ1n) is 18.3. The lowest BCUT2D eigenvalue weighted by molar-refractivity contribution is 0.620. The van der Waals surface area contributed by atoms with Crippen molar-refractivity contribution < 1.29 is 8.83 Å². The number of fused-ring (bicyclic) bond motifs is 7. The summed E-state index contributed by atoms with van der Waals surface area (Å²) in [6.07, 6.45) is 0. The fourth-order valence-corrected chi connectivity index (χ4v) is 8.66. The van der Waals surface area contributed by atoms with Gasteiger partial charge in [-0.1, -0.05) is 140 Å². The fourth-order valence-electron chi connectivity index (χ4n) is 8.66. The van der Waals surface area contributed by atoms with Gasteiger partial charge in [0.25, 0.3) is 0 Å². The molecule has 2 aromatic heterocycles. The normalized spacial score (nSPS) is 13.0. The van der Waals surface area contributed by atoms with Crippen LogP contribution >= 0.6 is 0 Å². The summed E-state index contributed by atoms with van der Waals surface area (Å²) in [5.74, 6) is 0.597. The Hall–Kier alpha value is -7.17. The van der Waals surface area contributed by atoms with Gasteiger partial charge in [0.2, 0.25) is 5.89 Å². The van der Waals surface area contributed by atoms with Crippen molar-refractivity contribution in [3.05, 3.63) is 216 Å². The number of benzene rings is 8. The molecular weight excluding hydrogens is 661 g/mol. The zero-order chi connectivity index (χ0) is 35.6. The number of furan rings is 1. The maximum absolute atomic E-state index is 6.70. The smallest absolute Gasteiger partial charge is 0.227 e. The van der Waals surface area contributed by atoms with Crippen LogP contribution in [0.4, 0.5) is 17.1 Å². The van der Waals surface area contributed by atoms with E-state index in [4.69, 9.17) is 13.8 Å². The van der Waals surface area contributed by atoms with Gasteiger partial charge in [0.15, 0.2) is 11.2 Å². The Morgan fingerprint density at radius 1 is 0.444 bits per heavy atom. The number of hydrogen-bond donors (Lipinski definition) is 0. The average Bonchev–Trinajstić information content (AvgIpc) is 3.93. The monoisotopic (exact) mass is 692 g/mol. The molecular formula is C50H32N2O2. The highest BCUT2D eigenvalue weighted by atomic mass is 16.3. The number of para-hydroxylation sites is 2. The molecule has 0 unspecified atom stereocenters. The maximum atomic E-state index is 6.70. The Morgan fingerprint density at radius 3 is 1.87 bits per heavy atom. The first-order chi connectivity index (χ1) is 26.8. The molecule has 0 radical (unpaired) electrons. The molecule has 4 nitrogen and oxygen atoms in total. The average molecular weight is 693 g/mol. The summed E-state index contributed by atoms with van der Waals surface area (Å²) in [7, 11) is 0. The summed E-state index contributed by atoms with van der Waals surface area (Å²) in [5, 5.41) is 2.15. The van der Waals surface area contributed by atoms with Crippen LogP contribution < -0.4 is 4.90 Å². The van der Waals surface area contributed by atoms with E-state index in [-0.39, 0.29) is 0 Å². The predicted molar refractivity (Wildman–Crippen MR) is 219 cm³/mol. The molecule has 0 atom stereocenters. The van der Waals surface area contributed by atoms with Gasteiger partial charge in [0.1, 0.15) is 11.1 Å². The Kier molecular flexibility index (Phi) is 6.73. The third-order valence-electron chi connectivity index (χ3n) is 11.0. The fraction of sp³-hybridized carbons (Fsp3) is 0.0200. The largest absolute Gasteiger partial charge is 0.454 e. The number of anilines is 3. The van der Waals surface area contributed by atoms with Crippen molar-refractivity contribution in [3.63, 3.8) is 0 Å². The van der Waals surface area contributed by atoms with E-state index >= 15 is 0 Å². The lowest BCUT2D eigenvalue weighted by Crippen LogP contribution is -2.28. The molecule has 1 aliphatic carbocycles. The molecule has 0 saturated heterocycles. The van der Waals surface area contributed by atoms with Crippen molar-refractivity contribution in [3.8, 4) is 22.6 Å². The second kappa shape index (κ2) is 11.9. The van der Waals surface area contributed by atoms with Crippen LogP contribution in [0.1, 0.15) is 22.3 Å². The van der Waals surface area contributed by atoms with Crippen LogP contribution in [0.15, 0.2) is 203 Å². The third-order valence-corrected chi connectivity index (χ3v) is 11.0. The highest BCUT2D eigenvalue weighted by Crippen LogP contribution is 2.57. The lowest BCUT2D eigenvalue weighted by Gasteiger charge is -2.34. The van der Waals surface area contributed by atoms with Crippen LogP contribution in [0.25, 0.3) is 55.6 Å². The minimum Gasteiger partial charge on any atom is -0.454 e. The van der Waals surface area contributed by atoms with E-state index in [9.17, 15) is 0 Å². The van der Waals surface area contributed by atoms with Gasteiger partial charge in [-0.25, -0.2) is 4.98 Å². The molecule has 0 N–H and O–H groups in total. The number of hydrogen-bond acceptors (Lipinski definition) is 4. The minimum absolute atomic E-state index is 0.541. The molecule has 0 bridgehead atoms. The van der Waals surface area contributed by atoms with E-state index in [1.165, 1.54) is 33.4 Å². The van der Waals surface area contributed by atoms with Crippen molar-refractivity contribution in [1.82, 2.24) is 4.98 Å². The van der Waals surface area contributed by atoms with E-state index in [1.54, 1.807) is 0 Å². The van der Waals surface area contributed by atoms with Gasteiger partial charge in [0.05, 0.1) is 16.8 Å². The summed E-state index contributed by atoms with van der Waals surface area (Å²) >= 11 is 0. The molecule has 0 spiro atoms. The maximum Gasteiger partial charge on any atom is 0.227 e. The Labute approximate surface area is 312 Å². The number of aromatic nitrogens is 1. The third kappa shape index (κ3) is 4.47. The molecule has 0 fully saturated rings. The van der Waals surface area contributed by atoms with Gasteiger partial charge in [-0.3, -0.25) is 0 Å². The molecule has 10 aromatic rings. The predicted octanol–water partition coefficient (Wildman–Crippen LogP) is 13.2. The Balaban J connectivity index is 1.19. The van der Waals surface area contributed by atoms with Crippen molar-refractivity contribution >= 4 is 50.1 Å².